The number of hydrogen-bond acceptors (Lipinski definition) is 2. The highest BCUT2D eigenvalue weighted by Gasteiger charge is 2.23. The Kier molecular flexibility index (Phi) is 3.54. The van der Waals surface area contributed by atoms with E-state index in [1.54, 1.807) is 0 Å². The van der Waals surface area contributed by atoms with Crippen molar-refractivity contribution in [1.29, 1.82) is 0 Å². The van der Waals surface area contributed by atoms with Gasteiger partial charge in [0.1, 0.15) is 0 Å². The standard InChI is InChI=1S/C16H17ClN2/c1-11(13-3-2-6-18-10-13)19-16-8-12-4-5-15(17)7-14(12)9-16/h2-7,10-11,16,19H,8-9H2,1H3/t11-,16?/m1/s1. The fraction of sp³-hybridized carbons (Fsp3) is 0.312. The van der Waals surface area contributed by atoms with Crippen molar-refractivity contribution in [3.05, 3.63) is 64.4 Å². The molecular weight excluding hydrogens is 256 g/mol. The van der Waals surface area contributed by atoms with E-state index in [0.717, 1.165) is 17.9 Å². The molecule has 1 aromatic heterocycles. The van der Waals surface area contributed by atoms with Crippen molar-refractivity contribution in [1.82, 2.24) is 10.3 Å². The number of fused-ring (bicyclic) bond motifs is 1. The van der Waals surface area contributed by atoms with Gasteiger partial charge < -0.3 is 5.32 Å². The number of halogens is 1. The number of hydrogen-bond donors (Lipinski definition) is 1. The predicted molar refractivity (Wildman–Crippen MR) is 78.4 cm³/mol. The minimum atomic E-state index is 0.323. The summed E-state index contributed by atoms with van der Waals surface area (Å²) in [6.07, 6.45) is 5.87. The zero-order chi connectivity index (χ0) is 13.2. The summed E-state index contributed by atoms with van der Waals surface area (Å²) in [6.45, 7) is 2.19. The van der Waals surface area contributed by atoms with Crippen molar-refractivity contribution in [2.45, 2.75) is 31.8 Å². The molecule has 0 spiro atoms. The lowest BCUT2D eigenvalue weighted by Gasteiger charge is -2.19. The Bertz CT molecular complexity index is 568. The number of aromatic nitrogens is 1. The number of nitrogens with one attached hydrogen (secondary N) is 1. The van der Waals surface area contributed by atoms with Gasteiger partial charge in [-0.1, -0.05) is 23.7 Å². The fourth-order valence-electron chi connectivity index (χ4n) is 2.79. The third-order valence-corrected chi connectivity index (χ3v) is 4.01. The van der Waals surface area contributed by atoms with E-state index in [1.807, 2.05) is 24.5 Å². The van der Waals surface area contributed by atoms with Crippen LogP contribution in [0, 0.1) is 0 Å². The predicted octanol–water partition coefficient (Wildman–Crippen LogP) is 3.55. The van der Waals surface area contributed by atoms with Gasteiger partial charge in [-0.25, -0.2) is 0 Å². The number of benzene rings is 1. The molecule has 1 aliphatic rings. The van der Waals surface area contributed by atoms with Crippen LogP contribution in [0.5, 0.6) is 0 Å². The maximum Gasteiger partial charge on any atom is 0.0408 e. The van der Waals surface area contributed by atoms with Gasteiger partial charge in [0.05, 0.1) is 0 Å². The number of pyridine rings is 1. The third kappa shape index (κ3) is 2.80. The molecule has 2 atom stereocenters. The topological polar surface area (TPSA) is 24.9 Å². The molecule has 0 saturated carbocycles. The molecule has 1 aromatic carbocycles. The SMILES string of the molecule is C[C@@H](NC1Cc2ccc(Cl)cc2C1)c1cccnc1. The van der Waals surface area contributed by atoms with Gasteiger partial charge in [-0.3, -0.25) is 4.98 Å². The number of nitrogens with zero attached hydrogens (tertiary/aromatic N) is 1. The lowest BCUT2D eigenvalue weighted by Crippen LogP contribution is -2.32. The van der Waals surface area contributed by atoms with E-state index >= 15 is 0 Å². The molecular formula is C16H17ClN2. The van der Waals surface area contributed by atoms with E-state index < -0.39 is 0 Å². The summed E-state index contributed by atoms with van der Waals surface area (Å²) in [7, 11) is 0. The van der Waals surface area contributed by atoms with Gasteiger partial charge >= 0.3 is 0 Å². The van der Waals surface area contributed by atoms with Crippen molar-refractivity contribution < 1.29 is 0 Å². The molecule has 19 heavy (non-hydrogen) atoms. The van der Waals surface area contributed by atoms with Crippen LogP contribution < -0.4 is 5.32 Å². The Hall–Kier alpha value is -1.38. The Morgan fingerprint density at radius 2 is 2.11 bits per heavy atom. The molecule has 0 aliphatic heterocycles. The van der Waals surface area contributed by atoms with E-state index in [9.17, 15) is 0 Å². The first-order valence-electron chi connectivity index (χ1n) is 6.65. The summed E-state index contributed by atoms with van der Waals surface area (Å²) < 4.78 is 0. The summed E-state index contributed by atoms with van der Waals surface area (Å²) in [6, 6.07) is 11.1. The second-order valence-corrected chi connectivity index (χ2v) is 5.63. The van der Waals surface area contributed by atoms with Gasteiger partial charge in [0.2, 0.25) is 0 Å². The molecule has 0 saturated heterocycles. The third-order valence-electron chi connectivity index (χ3n) is 3.77. The Morgan fingerprint density at radius 1 is 1.26 bits per heavy atom. The molecule has 98 valence electrons. The van der Waals surface area contributed by atoms with Crippen LogP contribution in [0.2, 0.25) is 5.02 Å². The van der Waals surface area contributed by atoms with Gasteiger partial charge in [0.25, 0.3) is 0 Å². The lowest BCUT2D eigenvalue weighted by atomic mass is 10.1. The fourth-order valence-corrected chi connectivity index (χ4v) is 2.98. The van der Waals surface area contributed by atoms with Crippen LogP contribution in [0.1, 0.15) is 29.7 Å². The largest absolute Gasteiger partial charge is 0.307 e. The second kappa shape index (κ2) is 5.32. The molecule has 1 N–H and O–H groups in total. The quantitative estimate of drug-likeness (QED) is 0.924. The van der Waals surface area contributed by atoms with E-state index in [1.165, 1.54) is 16.7 Å². The van der Waals surface area contributed by atoms with Crippen molar-refractivity contribution in [3.63, 3.8) is 0 Å². The maximum absolute atomic E-state index is 6.04. The zero-order valence-electron chi connectivity index (χ0n) is 10.9. The maximum atomic E-state index is 6.04. The van der Waals surface area contributed by atoms with Gasteiger partial charge in [-0.15, -0.1) is 0 Å². The minimum Gasteiger partial charge on any atom is -0.307 e. The van der Waals surface area contributed by atoms with E-state index in [-0.39, 0.29) is 0 Å². The highest BCUT2D eigenvalue weighted by Crippen LogP contribution is 2.26. The summed E-state index contributed by atoms with van der Waals surface area (Å²) in [4.78, 5) is 4.17. The molecule has 0 amide bonds. The lowest BCUT2D eigenvalue weighted by molar-refractivity contribution is 0.467. The minimum absolute atomic E-state index is 0.323. The normalized spacial score (nSPS) is 19.2. The van der Waals surface area contributed by atoms with Crippen LogP contribution in [0.3, 0.4) is 0 Å². The van der Waals surface area contributed by atoms with Gasteiger partial charge in [-0.2, -0.15) is 0 Å². The Balaban J connectivity index is 1.67. The highest BCUT2D eigenvalue weighted by molar-refractivity contribution is 6.30. The molecule has 3 rings (SSSR count). The summed E-state index contributed by atoms with van der Waals surface area (Å²) >= 11 is 6.04. The first-order valence-corrected chi connectivity index (χ1v) is 7.03. The molecule has 1 aliphatic carbocycles. The second-order valence-electron chi connectivity index (χ2n) is 5.19. The Morgan fingerprint density at radius 3 is 2.89 bits per heavy atom. The van der Waals surface area contributed by atoms with Crippen LogP contribution >= 0.6 is 11.6 Å². The van der Waals surface area contributed by atoms with Crippen molar-refractivity contribution in [2.75, 3.05) is 0 Å². The van der Waals surface area contributed by atoms with Crippen LogP contribution in [0.4, 0.5) is 0 Å². The van der Waals surface area contributed by atoms with E-state index in [2.05, 4.69) is 35.4 Å². The molecule has 2 aromatic rings. The molecule has 3 heteroatoms. The first kappa shape index (κ1) is 12.6. The smallest absolute Gasteiger partial charge is 0.0408 e. The van der Waals surface area contributed by atoms with Crippen molar-refractivity contribution in [3.8, 4) is 0 Å². The average Bonchev–Trinajstić information content (AvgIpc) is 2.81. The van der Waals surface area contributed by atoms with Crippen molar-refractivity contribution >= 4 is 11.6 Å². The molecule has 1 unspecified atom stereocenters. The Labute approximate surface area is 118 Å². The van der Waals surface area contributed by atoms with Crippen LogP contribution in [0.25, 0.3) is 0 Å². The summed E-state index contributed by atoms with van der Waals surface area (Å²) in [5.74, 6) is 0. The first-order chi connectivity index (χ1) is 9.22. The molecule has 2 nitrogen and oxygen atoms in total. The monoisotopic (exact) mass is 272 g/mol. The molecule has 0 radical (unpaired) electrons. The number of rotatable bonds is 3. The highest BCUT2D eigenvalue weighted by atomic mass is 35.5. The van der Waals surface area contributed by atoms with Gasteiger partial charge in [0.15, 0.2) is 0 Å². The molecule has 0 bridgehead atoms. The van der Waals surface area contributed by atoms with E-state index in [0.29, 0.717) is 12.1 Å². The van der Waals surface area contributed by atoms with E-state index in [4.69, 9.17) is 11.6 Å². The van der Waals surface area contributed by atoms with Crippen LogP contribution in [-0.2, 0) is 12.8 Å². The van der Waals surface area contributed by atoms with Gasteiger partial charge in [0, 0.05) is 29.5 Å². The molecule has 0 fully saturated rings. The van der Waals surface area contributed by atoms with Crippen molar-refractivity contribution in [2.24, 2.45) is 0 Å². The van der Waals surface area contributed by atoms with Crippen LogP contribution in [-0.4, -0.2) is 11.0 Å². The zero-order valence-corrected chi connectivity index (χ0v) is 11.7. The summed E-state index contributed by atoms with van der Waals surface area (Å²) in [5.41, 5.74) is 4.03. The van der Waals surface area contributed by atoms with Crippen LogP contribution in [0.15, 0.2) is 42.7 Å². The molecule has 1 heterocycles. The average molecular weight is 273 g/mol. The summed E-state index contributed by atoms with van der Waals surface area (Å²) in [5, 5.41) is 4.51. The van der Waals surface area contributed by atoms with Gasteiger partial charge in [-0.05, 0) is 54.7 Å².